The van der Waals surface area contributed by atoms with Crippen LogP contribution in [0.4, 0.5) is 5.69 Å². The summed E-state index contributed by atoms with van der Waals surface area (Å²) in [5.74, 6) is -1.03. The van der Waals surface area contributed by atoms with Crippen LogP contribution in [0, 0.1) is 0 Å². The molecule has 1 atom stereocenters. The predicted molar refractivity (Wildman–Crippen MR) is 114 cm³/mol. The van der Waals surface area contributed by atoms with E-state index in [-0.39, 0.29) is 5.69 Å². The number of carbonyl (C=O) groups is 2. The highest BCUT2D eigenvalue weighted by Gasteiger charge is 2.24. The molecular formula is C22H19N3O3S. The third kappa shape index (κ3) is 3.69. The van der Waals surface area contributed by atoms with Crippen molar-refractivity contribution in [2.24, 2.45) is 0 Å². The van der Waals surface area contributed by atoms with Crippen molar-refractivity contribution in [3.8, 4) is 0 Å². The number of fused-ring (bicyclic) bond motifs is 2. The minimum absolute atomic E-state index is 0.194. The van der Waals surface area contributed by atoms with Crippen LogP contribution in [0.1, 0.15) is 17.4 Å². The average molecular weight is 405 g/mol. The van der Waals surface area contributed by atoms with E-state index in [1.54, 1.807) is 13.0 Å². The first kappa shape index (κ1) is 19.0. The van der Waals surface area contributed by atoms with Gasteiger partial charge in [-0.05, 0) is 36.8 Å². The Morgan fingerprint density at radius 1 is 1.07 bits per heavy atom. The number of pyridine rings is 1. The van der Waals surface area contributed by atoms with Crippen molar-refractivity contribution < 1.29 is 14.3 Å². The maximum Gasteiger partial charge on any atom is 0.360 e. The molecule has 6 nitrogen and oxygen atoms in total. The normalized spacial score (nSPS) is 12.1. The summed E-state index contributed by atoms with van der Waals surface area (Å²) < 4.78 is 7.23. The number of nitrogens with one attached hydrogen (secondary N) is 1. The molecule has 4 rings (SSSR count). The second-order valence-corrected chi connectivity index (χ2v) is 7.24. The molecule has 4 aromatic rings. The van der Waals surface area contributed by atoms with Gasteiger partial charge >= 0.3 is 5.97 Å². The first-order valence-corrected chi connectivity index (χ1v) is 10.3. The summed E-state index contributed by atoms with van der Waals surface area (Å²) in [5.41, 5.74) is 1.51. The molecule has 2 aromatic heterocycles. The number of hydrogen-bond donors (Lipinski definition) is 1. The van der Waals surface area contributed by atoms with Crippen LogP contribution in [0.5, 0.6) is 0 Å². The van der Waals surface area contributed by atoms with Crippen LogP contribution in [0.25, 0.3) is 16.3 Å². The molecule has 0 aliphatic rings. The topological polar surface area (TPSA) is 72.7 Å². The fourth-order valence-corrected chi connectivity index (χ4v) is 3.68. The second-order valence-electron chi connectivity index (χ2n) is 6.47. The largest absolute Gasteiger partial charge is 0.448 e. The van der Waals surface area contributed by atoms with Crippen LogP contribution in [-0.2, 0) is 9.53 Å². The molecule has 29 heavy (non-hydrogen) atoms. The maximum atomic E-state index is 12.7. The van der Waals surface area contributed by atoms with Gasteiger partial charge in [-0.25, -0.2) is 9.78 Å². The lowest BCUT2D eigenvalue weighted by Gasteiger charge is -2.14. The van der Waals surface area contributed by atoms with E-state index < -0.39 is 18.0 Å². The first-order valence-electron chi connectivity index (χ1n) is 9.09. The van der Waals surface area contributed by atoms with Gasteiger partial charge in [0.2, 0.25) is 0 Å². The van der Waals surface area contributed by atoms with Crippen molar-refractivity contribution in [2.75, 3.05) is 11.6 Å². The molecule has 0 fully saturated rings. The number of hydrogen-bond acceptors (Lipinski definition) is 5. The number of esters is 1. The maximum absolute atomic E-state index is 12.7. The molecule has 7 heteroatoms. The lowest BCUT2D eigenvalue weighted by Crippen LogP contribution is -2.30. The Morgan fingerprint density at radius 2 is 1.83 bits per heavy atom. The summed E-state index contributed by atoms with van der Waals surface area (Å²) in [6.07, 6.45) is 2.75. The van der Waals surface area contributed by atoms with Gasteiger partial charge in [-0.2, -0.15) is 0 Å². The van der Waals surface area contributed by atoms with Gasteiger partial charge in [0.15, 0.2) is 17.0 Å². The molecule has 0 saturated heterocycles. The van der Waals surface area contributed by atoms with Gasteiger partial charge in [-0.3, -0.25) is 9.20 Å². The molecule has 2 heterocycles. The molecule has 0 saturated carbocycles. The summed E-state index contributed by atoms with van der Waals surface area (Å²) in [7, 11) is 0. The van der Waals surface area contributed by atoms with Crippen LogP contribution in [0.3, 0.4) is 0 Å². The van der Waals surface area contributed by atoms with E-state index in [4.69, 9.17) is 4.74 Å². The molecule has 146 valence electrons. The molecule has 2 aromatic carbocycles. The van der Waals surface area contributed by atoms with E-state index in [9.17, 15) is 9.59 Å². The van der Waals surface area contributed by atoms with Gasteiger partial charge in [0.1, 0.15) is 0 Å². The molecule has 1 unspecified atom stereocenters. The number of amides is 1. The van der Waals surface area contributed by atoms with Crippen molar-refractivity contribution in [3.63, 3.8) is 0 Å². The van der Waals surface area contributed by atoms with Crippen LogP contribution >= 0.6 is 11.8 Å². The number of nitrogens with zero attached hydrogens (tertiary/aromatic N) is 2. The van der Waals surface area contributed by atoms with Crippen LogP contribution in [0.2, 0.25) is 0 Å². The fourth-order valence-electron chi connectivity index (χ4n) is 3.14. The summed E-state index contributed by atoms with van der Waals surface area (Å²) in [6, 6.07) is 18.9. The monoisotopic (exact) mass is 405 g/mol. The highest BCUT2D eigenvalue weighted by Crippen LogP contribution is 2.24. The Hall–Kier alpha value is -3.32. The van der Waals surface area contributed by atoms with Crippen LogP contribution < -0.4 is 5.32 Å². The molecule has 1 N–H and O–H groups in total. The van der Waals surface area contributed by atoms with E-state index in [1.807, 2.05) is 71.5 Å². The zero-order valence-corrected chi connectivity index (χ0v) is 16.8. The number of carbonyl (C=O) groups excluding carboxylic acids is 2. The SMILES string of the molecule is CSc1nc(C(=O)OC(C)C(=O)Nc2cccc3ccccc23)c2ccccn12. The Balaban J connectivity index is 1.52. The summed E-state index contributed by atoms with van der Waals surface area (Å²) in [6.45, 7) is 1.55. The van der Waals surface area contributed by atoms with E-state index in [0.29, 0.717) is 16.4 Å². The van der Waals surface area contributed by atoms with Crippen LogP contribution in [0.15, 0.2) is 72.0 Å². The highest BCUT2D eigenvalue weighted by atomic mass is 32.2. The second kappa shape index (κ2) is 7.97. The van der Waals surface area contributed by atoms with E-state index in [1.165, 1.54) is 11.8 Å². The minimum Gasteiger partial charge on any atom is -0.448 e. The lowest BCUT2D eigenvalue weighted by molar-refractivity contribution is -0.123. The van der Waals surface area contributed by atoms with Gasteiger partial charge in [-0.1, -0.05) is 54.2 Å². The van der Waals surface area contributed by atoms with E-state index in [2.05, 4.69) is 10.3 Å². The number of imidazole rings is 1. The highest BCUT2D eigenvalue weighted by molar-refractivity contribution is 7.98. The molecule has 1 amide bonds. The van der Waals surface area contributed by atoms with Gasteiger partial charge in [-0.15, -0.1) is 0 Å². The zero-order chi connectivity index (χ0) is 20.4. The molecule has 0 aliphatic heterocycles. The van der Waals surface area contributed by atoms with Crippen molar-refractivity contribution in [1.82, 2.24) is 9.38 Å². The third-order valence-electron chi connectivity index (χ3n) is 4.59. The van der Waals surface area contributed by atoms with Gasteiger partial charge < -0.3 is 10.1 Å². The number of aromatic nitrogens is 2. The number of thioether (sulfide) groups is 1. The van der Waals surface area contributed by atoms with Gasteiger partial charge in [0.25, 0.3) is 5.91 Å². The smallest absolute Gasteiger partial charge is 0.360 e. The van der Waals surface area contributed by atoms with Crippen LogP contribution in [-0.4, -0.2) is 33.6 Å². The van der Waals surface area contributed by atoms with Gasteiger partial charge in [0, 0.05) is 17.3 Å². The zero-order valence-electron chi connectivity index (χ0n) is 16.0. The lowest BCUT2D eigenvalue weighted by atomic mass is 10.1. The molecular weight excluding hydrogens is 386 g/mol. The average Bonchev–Trinajstić information content (AvgIpc) is 3.13. The van der Waals surface area contributed by atoms with Crippen molar-refractivity contribution >= 4 is 45.6 Å². The number of benzene rings is 2. The Morgan fingerprint density at radius 3 is 2.66 bits per heavy atom. The summed E-state index contributed by atoms with van der Waals surface area (Å²) >= 11 is 1.43. The van der Waals surface area contributed by atoms with Crippen molar-refractivity contribution in [3.05, 3.63) is 72.6 Å². The molecule has 0 spiro atoms. The van der Waals surface area contributed by atoms with E-state index >= 15 is 0 Å². The minimum atomic E-state index is -0.973. The quantitative estimate of drug-likeness (QED) is 0.394. The van der Waals surface area contributed by atoms with Gasteiger partial charge in [0.05, 0.1) is 5.52 Å². The number of anilines is 1. The third-order valence-corrected chi connectivity index (χ3v) is 5.25. The molecule has 0 aliphatic carbocycles. The predicted octanol–water partition coefficient (Wildman–Crippen LogP) is 4.39. The standard InChI is InChI=1S/C22H19N3O3S/c1-14(20(26)23-17-11-7-9-15-8-3-4-10-16(15)17)28-21(27)19-18-12-5-6-13-25(18)22(24-19)29-2/h3-14H,1-2H3,(H,23,26). The van der Waals surface area contributed by atoms with Crippen molar-refractivity contribution in [1.29, 1.82) is 0 Å². The number of ether oxygens (including phenoxy) is 1. The Labute approximate surface area is 171 Å². The van der Waals surface area contributed by atoms with E-state index in [0.717, 1.165) is 10.8 Å². The summed E-state index contributed by atoms with van der Waals surface area (Å²) in [4.78, 5) is 29.7. The Kier molecular flexibility index (Phi) is 5.22. The first-order chi connectivity index (χ1) is 14.1. The fraction of sp³-hybridized carbons (Fsp3) is 0.136. The number of rotatable bonds is 5. The van der Waals surface area contributed by atoms with Crippen molar-refractivity contribution in [2.45, 2.75) is 18.2 Å². The molecule has 0 radical (unpaired) electrons. The summed E-state index contributed by atoms with van der Waals surface area (Å²) in [5, 5.41) is 5.47. The molecule has 0 bridgehead atoms. The Bertz CT molecular complexity index is 1210.